The average Bonchev–Trinajstić information content (AvgIpc) is 3.36. The summed E-state index contributed by atoms with van der Waals surface area (Å²) < 4.78 is 25.6. The Hall–Kier alpha value is -3.45. The van der Waals surface area contributed by atoms with E-state index < -0.39 is 11.7 Å². The maximum absolute atomic E-state index is 13.6. The topological polar surface area (TPSA) is 143 Å². The van der Waals surface area contributed by atoms with Gasteiger partial charge in [0.2, 0.25) is 18.1 Å². The Morgan fingerprint density at radius 3 is 2.61 bits per heavy atom. The first-order chi connectivity index (χ1) is 18.3. The predicted molar refractivity (Wildman–Crippen MR) is 141 cm³/mol. The Morgan fingerprint density at radius 1 is 1.18 bits per heavy atom. The molecule has 1 aliphatic heterocycles. The Kier molecular flexibility index (Phi) is 9.00. The number of aromatic nitrogens is 4. The lowest BCUT2D eigenvalue weighted by Gasteiger charge is -2.35. The van der Waals surface area contributed by atoms with Crippen molar-refractivity contribution < 1.29 is 18.7 Å². The van der Waals surface area contributed by atoms with Crippen LogP contribution in [0.4, 0.5) is 10.3 Å². The number of carbonyl (C=O) groups excluding carboxylic acids is 1. The maximum atomic E-state index is 13.6. The number of anilines is 1. The summed E-state index contributed by atoms with van der Waals surface area (Å²) in [4.78, 5) is 31.7. The van der Waals surface area contributed by atoms with Gasteiger partial charge in [-0.25, -0.2) is 19.3 Å². The van der Waals surface area contributed by atoms with Crippen molar-refractivity contribution in [3.05, 3.63) is 48.2 Å². The molecule has 11 nitrogen and oxygen atoms in total. The van der Waals surface area contributed by atoms with E-state index in [1.54, 1.807) is 24.4 Å². The first-order valence-electron chi connectivity index (χ1n) is 12.6. The van der Waals surface area contributed by atoms with Crippen LogP contribution in [0.25, 0.3) is 22.6 Å². The van der Waals surface area contributed by atoms with Crippen LogP contribution in [0.15, 0.2) is 36.5 Å². The van der Waals surface area contributed by atoms with Gasteiger partial charge < -0.3 is 35.7 Å². The zero-order valence-electron chi connectivity index (χ0n) is 22.0. The quantitative estimate of drug-likeness (QED) is 0.276. The smallest absolute Gasteiger partial charge is 0.230 e. The van der Waals surface area contributed by atoms with Gasteiger partial charge in [0, 0.05) is 31.4 Å². The van der Waals surface area contributed by atoms with Crippen LogP contribution >= 0.6 is 0 Å². The fraction of sp³-hybridized carbons (Fsp3) is 0.462. The van der Waals surface area contributed by atoms with E-state index in [0.717, 1.165) is 13.0 Å². The van der Waals surface area contributed by atoms with Crippen molar-refractivity contribution in [2.24, 2.45) is 11.1 Å². The van der Waals surface area contributed by atoms with Gasteiger partial charge in [0.1, 0.15) is 5.82 Å². The molecule has 0 bridgehead atoms. The highest BCUT2D eigenvalue weighted by atomic mass is 19.1. The SMILES string of the molecule is CN(C)CCCNC(=O)C1(C)COC(c2nc(-c3ccc(F)cc3)c(-c3ccnc(NCCN)n3)[nH]2)OC1. The predicted octanol–water partition coefficient (Wildman–Crippen LogP) is 2.16. The van der Waals surface area contributed by atoms with E-state index in [0.29, 0.717) is 54.1 Å². The molecular weight excluding hydrogens is 491 g/mol. The van der Waals surface area contributed by atoms with Gasteiger partial charge in [-0.05, 0) is 64.3 Å². The fourth-order valence-electron chi connectivity index (χ4n) is 3.98. The molecule has 5 N–H and O–H groups in total. The van der Waals surface area contributed by atoms with Crippen LogP contribution in [0, 0.1) is 11.2 Å². The molecule has 0 saturated carbocycles. The number of carbonyl (C=O) groups is 1. The number of H-pyrrole nitrogens is 1. The Morgan fingerprint density at radius 2 is 1.92 bits per heavy atom. The van der Waals surface area contributed by atoms with Crippen LogP contribution in [0.1, 0.15) is 25.5 Å². The third kappa shape index (κ3) is 6.70. The maximum Gasteiger partial charge on any atom is 0.230 e. The lowest BCUT2D eigenvalue weighted by Crippen LogP contribution is -2.49. The largest absolute Gasteiger partial charge is 0.355 e. The molecule has 0 radical (unpaired) electrons. The minimum Gasteiger partial charge on any atom is -0.355 e. The number of rotatable bonds is 11. The molecule has 1 fully saturated rings. The molecule has 0 aliphatic carbocycles. The second kappa shape index (κ2) is 12.4. The summed E-state index contributed by atoms with van der Waals surface area (Å²) in [6.07, 6.45) is 1.67. The lowest BCUT2D eigenvalue weighted by molar-refractivity contribution is -0.231. The normalized spacial score (nSPS) is 19.5. The van der Waals surface area contributed by atoms with Crippen LogP contribution < -0.4 is 16.4 Å². The Balaban J connectivity index is 1.53. The summed E-state index contributed by atoms with van der Waals surface area (Å²) in [7, 11) is 3.99. The summed E-state index contributed by atoms with van der Waals surface area (Å²) >= 11 is 0. The summed E-state index contributed by atoms with van der Waals surface area (Å²) in [5.41, 5.74) is 7.19. The van der Waals surface area contributed by atoms with E-state index in [4.69, 9.17) is 20.2 Å². The lowest BCUT2D eigenvalue weighted by atomic mass is 9.91. The zero-order chi connectivity index (χ0) is 27.1. The highest BCUT2D eigenvalue weighted by molar-refractivity contribution is 5.82. The van der Waals surface area contributed by atoms with Gasteiger partial charge in [-0.3, -0.25) is 4.79 Å². The summed E-state index contributed by atoms with van der Waals surface area (Å²) in [6, 6.07) is 7.79. The molecule has 0 atom stereocenters. The molecule has 3 heterocycles. The number of hydrogen-bond acceptors (Lipinski definition) is 9. The molecular formula is C26H35FN8O3. The van der Waals surface area contributed by atoms with Crippen molar-refractivity contribution in [2.75, 3.05) is 58.8 Å². The monoisotopic (exact) mass is 526 g/mol. The van der Waals surface area contributed by atoms with Gasteiger partial charge in [-0.15, -0.1) is 0 Å². The van der Waals surface area contributed by atoms with E-state index in [1.807, 2.05) is 21.0 Å². The number of amides is 1. The van der Waals surface area contributed by atoms with Crippen LogP contribution in [-0.2, 0) is 14.3 Å². The number of benzene rings is 1. The highest BCUT2D eigenvalue weighted by Gasteiger charge is 2.40. The van der Waals surface area contributed by atoms with Gasteiger partial charge in [-0.1, -0.05) is 0 Å². The fourth-order valence-corrected chi connectivity index (χ4v) is 3.98. The second-order valence-electron chi connectivity index (χ2n) is 9.76. The van der Waals surface area contributed by atoms with Crippen molar-refractivity contribution in [3.8, 4) is 22.6 Å². The zero-order valence-corrected chi connectivity index (χ0v) is 22.0. The van der Waals surface area contributed by atoms with Crippen LogP contribution in [0.5, 0.6) is 0 Å². The van der Waals surface area contributed by atoms with E-state index in [2.05, 4.69) is 30.5 Å². The second-order valence-corrected chi connectivity index (χ2v) is 9.76. The molecule has 2 aromatic heterocycles. The van der Waals surface area contributed by atoms with Crippen LogP contribution in [-0.4, -0.2) is 84.2 Å². The molecule has 3 aromatic rings. The summed E-state index contributed by atoms with van der Waals surface area (Å²) in [5.74, 6) is 0.384. The minimum atomic E-state index is -0.819. The van der Waals surface area contributed by atoms with Gasteiger partial charge in [0.05, 0.1) is 35.7 Å². The highest BCUT2D eigenvalue weighted by Crippen LogP contribution is 2.35. The number of nitrogens with two attached hydrogens (primary N) is 1. The summed E-state index contributed by atoms with van der Waals surface area (Å²) in [5, 5.41) is 6.04. The molecule has 38 heavy (non-hydrogen) atoms. The van der Waals surface area contributed by atoms with Crippen LogP contribution in [0.2, 0.25) is 0 Å². The standard InChI is InChI=1S/C26H35FN8O3/c1-26(24(36)29-11-4-14-35(2)3)15-37-23(38-16-26)22-33-20(17-5-7-18(27)8-6-17)21(34-22)19-9-12-30-25(32-19)31-13-10-28/h5-9,12,23H,4,10-11,13-16,28H2,1-3H3,(H,29,36)(H,33,34)(H,30,31,32). The van der Waals surface area contributed by atoms with E-state index in [1.165, 1.54) is 12.1 Å². The summed E-state index contributed by atoms with van der Waals surface area (Å²) in [6.45, 7) is 4.58. The third-order valence-corrected chi connectivity index (χ3v) is 6.12. The van der Waals surface area contributed by atoms with Crippen LogP contribution in [0.3, 0.4) is 0 Å². The minimum absolute atomic E-state index is 0.111. The number of imidazole rings is 1. The number of nitrogens with one attached hydrogen (secondary N) is 3. The number of ether oxygens (including phenoxy) is 2. The molecule has 1 saturated heterocycles. The van der Waals surface area contributed by atoms with Gasteiger partial charge in [-0.2, -0.15) is 0 Å². The molecule has 1 aliphatic rings. The Bertz CT molecular complexity index is 1210. The number of aromatic amines is 1. The molecule has 1 amide bonds. The molecule has 1 aromatic carbocycles. The van der Waals surface area contributed by atoms with E-state index >= 15 is 0 Å². The molecule has 0 spiro atoms. The van der Waals surface area contributed by atoms with Crippen molar-refractivity contribution in [2.45, 2.75) is 19.6 Å². The molecule has 12 heteroatoms. The van der Waals surface area contributed by atoms with Gasteiger partial charge in [0.25, 0.3) is 0 Å². The van der Waals surface area contributed by atoms with Crippen molar-refractivity contribution >= 4 is 11.9 Å². The number of halogens is 1. The first kappa shape index (κ1) is 27.6. The van der Waals surface area contributed by atoms with Crippen molar-refractivity contribution in [1.29, 1.82) is 0 Å². The molecule has 0 unspecified atom stereocenters. The van der Waals surface area contributed by atoms with E-state index in [9.17, 15) is 9.18 Å². The molecule has 204 valence electrons. The Labute approximate surface area is 221 Å². The third-order valence-electron chi connectivity index (χ3n) is 6.12. The average molecular weight is 527 g/mol. The van der Waals surface area contributed by atoms with E-state index in [-0.39, 0.29) is 24.9 Å². The van der Waals surface area contributed by atoms with Gasteiger partial charge >= 0.3 is 0 Å². The molecule has 4 rings (SSSR count). The number of nitrogens with zero attached hydrogens (tertiary/aromatic N) is 4. The van der Waals surface area contributed by atoms with Crippen molar-refractivity contribution in [1.82, 2.24) is 30.2 Å². The number of hydrogen-bond donors (Lipinski definition) is 4. The first-order valence-corrected chi connectivity index (χ1v) is 12.6. The van der Waals surface area contributed by atoms with Crippen molar-refractivity contribution in [3.63, 3.8) is 0 Å². The van der Waals surface area contributed by atoms with Gasteiger partial charge in [0.15, 0.2) is 5.82 Å².